The minimum atomic E-state index is -3.18. The molecule has 4 rings (SSSR count). The molecule has 0 aromatic heterocycles. The van der Waals surface area contributed by atoms with E-state index in [1.54, 1.807) is 30.3 Å². The summed E-state index contributed by atoms with van der Waals surface area (Å²) in [5, 5.41) is 20.8. The number of nitrogens with one attached hydrogen (secondary N) is 2. The number of rotatable bonds is 8. The highest BCUT2D eigenvalue weighted by molar-refractivity contribution is 7.88. The van der Waals surface area contributed by atoms with Gasteiger partial charge in [-0.1, -0.05) is 60.7 Å². The van der Waals surface area contributed by atoms with Gasteiger partial charge in [0.1, 0.15) is 0 Å². The van der Waals surface area contributed by atoms with Crippen LogP contribution in [0.3, 0.4) is 0 Å². The van der Waals surface area contributed by atoms with Crippen molar-refractivity contribution in [3.8, 4) is 0 Å². The van der Waals surface area contributed by atoms with Crippen LogP contribution in [0.1, 0.15) is 61.7 Å². The molecule has 1 saturated carbocycles. The van der Waals surface area contributed by atoms with Gasteiger partial charge in [-0.3, -0.25) is 0 Å². The molecule has 1 saturated heterocycles. The molecular formula is C27H38N2O6S. The van der Waals surface area contributed by atoms with Gasteiger partial charge in [0.05, 0.1) is 19.0 Å². The molecule has 198 valence electrons. The number of hydrogen-bond donors (Lipinski definition) is 4. The molecule has 2 aromatic rings. The maximum atomic E-state index is 11.5. The van der Waals surface area contributed by atoms with E-state index in [0.717, 1.165) is 45.1 Å². The summed E-state index contributed by atoms with van der Waals surface area (Å²) in [6, 6.07) is 19.0. The lowest BCUT2D eigenvalue weighted by Crippen LogP contribution is -2.55. The molecule has 1 aliphatic carbocycles. The fourth-order valence-corrected chi connectivity index (χ4v) is 5.68. The zero-order valence-electron chi connectivity index (χ0n) is 20.8. The third-order valence-electron chi connectivity index (χ3n) is 6.76. The van der Waals surface area contributed by atoms with Crippen molar-refractivity contribution < 1.29 is 28.2 Å². The molecule has 1 aliphatic heterocycles. The Morgan fingerprint density at radius 2 is 1.64 bits per heavy atom. The second-order valence-electron chi connectivity index (χ2n) is 9.57. The maximum absolute atomic E-state index is 11.5. The fraction of sp³-hybridized carbons (Fsp3) is 0.519. The summed E-state index contributed by atoms with van der Waals surface area (Å²) in [4.78, 5) is 10.2. The average molecular weight is 519 g/mol. The molecule has 2 aromatic carbocycles. The van der Waals surface area contributed by atoms with Gasteiger partial charge in [-0.25, -0.2) is 17.9 Å². The van der Waals surface area contributed by atoms with Crippen LogP contribution in [0.5, 0.6) is 0 Å². The number of aliphatic hydroxyl groups excluding tert-OH is 1. The number of carboxylic acid groups (broad SMARTS) is 1. The van der Waals surface area contributed by atoms with E-state index in [2.05, 4.69) is 40.4 Å². The van der Waals surface area contributed by atoms with Gasteiger partial charge < -0.3 is 20.3 Å². The zero-order valence-corrected chi connectivity index (χ0v) is 21.6. The monoisotopic (exact) mass is 518 g/mol. The summed E-state index contributed by atoms with van der Waals surface area (Å²) in [5.41, 5.74) is 1.84. The molecule has 0 spiro atoms. The average Bonchev–Trinajstić information content (AvgIpc) is 2.88. The van der Waals surface area contributed by atoms with E-state index in [1.807, 2.05) is 0 Å². The van der Waals surface area contributed by atoms with Gasteiger partial charge in [0, 0.05) is 12.1 Å². The molecule has 0 radical (unpaired) electrons. The molecule has 0 unspecified atom stereocenters. The van der Waals surface area contributed by atoms with Crippen LogP contribution in [0.4, 0.5) is 0 Å². The van der Waals surface area contributed by atoms with Crippen molar-refractivity contribution in [3.05, 3.63) is 71.8 Å². The Bertz CT molecular complexity index is 1030. The van der Waals surface area contributed by atoms with Gasteiger partial charge >= 0.3 is 5.97 Å². The van der Waals surface area contributed by atoms with Crippen molar-refractivity contribution in [2.24, 2.45) is 0 Å². The summed E-state index contributed by atoms with van der Waals surface area (Å²) in [6.45, 7) is 1.50. The van der Waals surface area contributed by atoms with Crippen LogP contribution in [0.2, 0.25) is 0 Å². The van der Waals surface area contributed by atoms with E-state index in [9.17, 15) is 13.2 Å². The summed E-state index contributed by atoms with van der Waals surface area (Å²) >= 11 is 0. The molecule has 4 N–H and O–H groups in total. The van der Waals surface area contributed by atoms with Crippen LogP contribution >= 0.6 is 0 Å². The number of benzene rings is 2. The highest BCUT2D eigenvalue weighted by Gasteiger charge is 2.29. The third kappa shape index (κ3) is 9.29. The lowest BCUT2D eigenvalue weighted by molar-refractivity contribution is -0.146. The highest BCUT2D eigenvalue weighted by atomic mass is 32.2. The minimum absolute atomic E-state index is 0.0651. The summed E-state index contributed by atoms with van der Waals surface area (Å²) in [5.74, 6) is -0.579. The quantitative estimate of drug-likeness (QED) is 0.423. The van der Waals surface area contributed by atoms with Gasteiger partial charge in [-0.2, -0.15) is 0 Å². The van der Waals surface area contributed by atoms with Crippen molar-refractivity contribution in [3.63, 3.8) is 0 Å². The smallest absolute Gasteiger partial charge is 0.337 e. The summed E-state index contributed by atoms with van der Waals surface area (Å²) in [6.07, 6.45) is 6.46. The fourth-order valence-electron chi connectivity index (χ4n) is 4.85. The van der Waals surface area contributed by atoms with Gasteiger partial charge in [0.15, 0.2) is 6.10 Å². The highest BCUT2D eigenvalue weighted by Crippen LogP contribution is 2.34. The van der Waals surface area contributed by atoms with Gasteiger partial charge in [0.25, 0.3) is 0 Å². The second kappa shape index (κ2) is 13.9. The van der Waals surface area contributed by atoms with Gasteiger partial charge in [-0.15, -0.1) is 0 Å². The molecule has 3 atom stereocenters. The molecule has 8 nitrogen and oxygen atoms in total. The maximum Gasteiger partial charge on any atom is 0.337 e. The molecule has 36 heavy (non-hydrogen) atoms. The van der Waals surface area contributed by atoms with Crippen molar-refractivity contribution in [2.45, 2.75) is 68.7 Å². The van der Waals surface area contributed by atoms with Crippen LogP contribution in [-0.4, -0.2) is 62.2 Å². The van der Waals surface area contributed by atoms with Crippen LogP contribution in [-0.2, 0) is 19.6 Å². The lowest BCUT2D eigenvalue weighted by Gasteiger charge is -2.35. The predicted octanol–water partition coefficient (Wildman–Crippen LogP) is 3.20. The first-order valence-corrected chi connectivity index (χ1v) is 14.4. The predicted molar refractivity (Wildman–Crippen MR) is 139 cm³/mol. The number of hydrogen-bond acceptors (Lipinski definition) is 6. The Hall–Kier alpha value is -2.30. The summed E-state index contributed by atoms with van der Waals surface area (Å²) in [7, 11) is -3.18. The van der Waals surface area contributed by atoms with E-state index in [-0.39, 0.29) is 12.1 Å². The number of ether oxygens (including phenoxy) is 1. The Morgan fingerprint density at radius 3 is 2.22 bits per heavy atom. The second-order valence-corrected chi connectivity index (χ2v) is 11.3. The number of aliphatic hydroxyl groups is 1. The number of carboxylic acids is 1. The Morgan fingerprint density at radius 1 is 1.03 bits per heavy atom. The Balaban J connectivity index is 0.000000275. The van der Waals surface area contributed by atoms with Crippen LogP contribution in [0, 0.1) is 0 Å². The normalized spacial score (nSPS) is 25.3. The third-order valence-corrected chi connectivity index (χ3v) is 7.49. The largest absolute Gasteiger partial charge is 0.479 e. The first-order chi connectivity index (χ1) is 17.2. The minimum Gasteiger partial charge on any atom is -0.479 e. The van der Waals surface area contributed by atoms with E-state index in [4.69, 9.17) is 14.9 Å². The molecule has 2 fully saturated rings. The van der Waals surface area contributed by atoms with Crippen molar-refractivity contribution in [1.82, 2.24) is 10.0 Å². The topological polar surface area (TPSA) is 125 Å². The lowest BCUT2D eigenvalue weighted by atomic mass is 9.83. The van der Waals surface area contributed by atoms with Crippen LogP contribution in [0.15, 0.2) is 60.7 Å². The zero-order chi connectivity index (χ0) is 26.0. The van der Waals surface area contributed by atoms with E-state index in [0.29, 0.717) is 24.2 Å². The molecular weight excluding hydrogens is 480 g/mol. The number of aliphatic carboxylic acids is 1. The number of sulfonamides is 1. The van der Waals surface area contributed by atoms with E-state index in [1.165, 1.54) is 11.8 Å². The first kappa shape index (κ1) is 28.3. The van der Waals surface area contributed by atoms with Crippen LogP contribution in [0.25, 0.3) is 0 Å². The van der Waals surface area contributed by atoms with Crippen LogP contribution < -0.4 is 10.0 Å². The molecule has 2 aliphatic rings. The standard InChI is InChI=1S/C19H30N2O3S.C8H8O3/c1-25(22,23)21-18-8-5-13-20-19(18)14-24-17-11-9-16(10-12-17)15-6-3-2-4-7-15;9-7(8(10)11)6-4-2-1-3-5-6/h2-4,6-7,16-21H,5,8-14H2,1H3;1-5,7,9H,(H,10,11)/t16?,17?,18-,19-;7-/m00/s1. The van der Waals surface area contributed by atoms with Crippen molar-refractivity contribution in [1.29, 1.82) is 0 Å². The first-order valence-electron chi connectivity index (χ1n) is 12.6. The molecule has 9 heteroatoms. The number of carbonyl (C=O) groups is 1. The van der Waals surface area contributed by atoms with Crippen molar-refractivity contribution >= 4 is 16.0 Å². The molecule has 0 amide bonds. The Kier molecular flexibility index (Phi) is 10.9. The van der Waals surface area contributed by atoms with E-state index < -0.39 is 22.1 Å². The Labute approximate surface area is 214 Å². The van der Waals surface area contributed by atoms with Gasteiger partial charge in [0.2, 0.25) is 10.0 Å². The summed E-state index contributed by atoms with van der Waals surface area (Å²) < 4.78 is 32.0. The van der Waals surface area contributed by atoms with E-state index >= 15 is 0 Å². The van der Waals surface area contributed by atoms with Crippen molar-refractivity contribution in [2.75, 3.05) is 19.4 Å². The van der Waals surface area contributed by atoms with Gasteiger partial charge in [-0.05, 0) is 62.1 Å². The number of piperidine rings is 1. The molecule has 0 bridgehead atoms. The SMILES string of the molecule is CS(=O)(=O)N[C@H]1CCCN[C@H]1COC1CCC(c2ccccc2)CC1.O=C(O)[C@@H](O)c1ccccc1. The molecule has 1 heterocycles.